The number of carbonyl (C=O) groups is 1. The smallest absolute Gasteiger partial charge is 0.254 e. The number of carbonyl (C=O) groups excluding carboxylic acids is 1. The Hall–Kier alpha value is -1.35. The highest BCUT2D eigenvalue weighted by Crippen LogP contribution is 2.18. The maximum atomic E-state index is 12.3. The lowest BCUT2D eigenvalue weighted by Gasteiger charge is -2.28. The largest absolute Gasteiger partial charge is 0.338 e. The summed E-state index contributed by atoms with van der Waals surface area (Å²) in [6, 6.07) is 8.47. The molecule has 1 amide bonds. The Bertz CT molecular complexity index is 415. The molecule has 1 aromatic rings. The van der Waals surface area contributed by atoms with Crippen molar-refractivity contribution in [1.82, 2.24) is 10.2 Å². The lowest BCUT2D eigenvalue weighted by atomic mass is 9.99. The molecule has 1 aromatic carbocycles. The molecule has 2 rings (SSSR count). The maximum absolute atomic E-state index is 12.3. The number of amides is 1. The molecule has 1 aliphatic rings. The van der Waals surface area contributed by atoms with Crippen LogP contribution in [-0.2, 0) is 6.42 Å². The fourth-order valence-electron chi connectivity index (χ4n) is 2.35. The number of nitrogens with one attached hydrogen (secondary N) is 1. The van der Waals surface area contributed by atoms with Crippen molar-refractivity contribution < 1.29 is 4.79 Å². The minimum Gasteiger partial charge on any atom is -0.338 e. The molecule has 0 saturated heterocycles. The second-order valence-corrected chi connectivity index (χ2v) is 5.16. The molecule has 1 N–H and O–H groups in total. The summed E-state index contributed by atoms with van der Waals surface area (Å²) in [6.07, 6.45) is 2.01. The second-order valence-electron chi connectivity index (χ2n) is 5.16. The predicted molar refractivity (Wildman–Crippen MR) is 73.8 cm³/mol. The van der Waals surface area contributed by atoms with Crippen molar-refractivity contribution in [2.24, 2.45) is 0 Å². The molecule has 0 unspecified atom stereocenters. The van der Waals surface area contributed by atoms with Crippen LogP contribution in [0.3, 0.4) is 0 Å². The second kappa shape index (κ2) is 6.01. The van der Waals surface area contributed by atoms with Crippen molar-refractivity contribution in [1.29, 1.82) is 0 Å². The highest BCUT2D eigenvalue weighted by molar-refractivity contribution is 5.96. The molecule has 0 fully saturated rings. The Balaban J connectivity index is 1.88. The van der Waals surface area contributed by atoms with Gasteiger partial charge in [0.2, 0.25) is 0 Å². The third-order valence-electron chi connectivity index (χ3n) is 3.34. The van der Waals surface area contributed by atoms with E-state index in [-0.39, 0.29) is 5.91 Å². The third kappa shape index (κ3) is 3.10. The van der Waals surface area contributed by atoms with Gasteiger partial charge in [-0.05, 0) is 31.0 Å². The van der Waals surface area contributed by atoms with Gasteiger partial charge in [0.1, 0.15) is 0 Å². The van der Waals surface area contributed by atoms with Crippen molar-refractivity contribution in [3.05, 3.63) is 35.4 Å². The van der Waals surface area contributed by atoms with Crippen LogP contribution in [-0.4, -0.2) is 36.5 Å². The van der Waals surface area contributed by atoms with Crippen LogP contribution in [0.25, 0.3) is 0 Å². The van der Waals surface area contributed by atoms with Gasteiger partial charge >= 0.3 is 0 Å². The maximum Gasteiger partial charge on any atom is 0.254 e. The van der Waals surface area contributed by atoms with Gasteiger partial charge in [0.25, 0.3) is 5.91 Å². The molecule has 0 aliphatic carbocycles. The fraction of sp³-hybridized carbons (Fsp3) is 0.533. The van der Waals surface area contributed by atoms with E-state index < -0.39 is 0 Å². The summed E-state index contributed by atoms with van der Waals surface area (Å²) in [4.78, 5) is 14.2. The van der Waals surface area contributed by atoms with E-state index in [1.807, 2.05) is 23.1 Å². The normalized spacial score (nSPS) is 15.1. The van der Waals surface area contributed by atoms with Crippen molar-refractivity contribution in [2.45, 2.75) is 32.7 Å². The molecule has 0 aromatic heterocycles. The monoisotopic (exact) mass is 246 g/mol. The van der Waals surface area contributed by atoms with E-state index in [0.717, 1.165) is 38.0 Å². The zero-order valence-corrected chi connectivity index (χ0v) is 11.3. The third-order valence-corrected chi connectivity index (χ3v) is 3.34. The average Bonchev–Trinajstić information content (AvgIpc) is 2.37. The lowest BCUT2D eigenvalue weighted by molar-refractivity contribution is 0.0738. The molecule has 98 valence electrons. The van der Waals surface area contributed by atoms with Crippen LogP contribution in [0.4, 0.5) is 0 Å². The topological polar surface area (TPSA) is 32.3 Å². The molecular weight excluding hydrogens is 224 g/mol. The molecular formula is C15H22N2O. The highest BCUT2D eigenvalue weighted by atomic mass is 16.2. The van der Waals surface area contributed by atoms with Crippen LogP contribution in [0, 0.1) is 0 Å². The fourth-order valence-corrected chi connectivity index (χ4v) is 2.35. The Labute approximate surface area is 109 Å². The Morgan fingerprint density at radius 1 is 1.33 bits per heavy atom. The van der Waals surface area contributed by atoms with Gasteiger partial charge in [0.05, 0.1) is 0 Å². The summed E-state index contributed by atoms with van der Waals surface area (Å²) in [7, 11) is 0. The van der Waals surface area contributed by atoms with Crippen LogP contribution in [0.5, 0.6) is 0 Å². The molecule has 0 spiro atoms. The van der Waals surface area contributed by atoms with Gasteiger partial charge in [-0.1, -0.05) is 32.0 Å². The zero-order chi connectivity index (χ0) is 13.0. The highest BCUT2D eigenvalue weighted by Gasteiger charge is 2.22. The van der Waals surface area contributed by atoms with E-state index >= 15 is 0 Å². The van der Waals surface area contributed by atoms with E-state index in [1.165, 1.54) is 5.56 Å². The van der Waals surface area contributed by atoms with Gasteiger partial charge in [0.15, 0.2) is 0 Å². The summed E-state index contributed by atoms with van der Waals surface area (Å²) in [5.74, 6) is 0.196. The zero-order valence-electron chi connectivity index (χ0n) is 11.3. The van der Waals surface area contributed by atoms with Crippen molar-refractivity contribution in [2.75, 3.05) is 19.6 Å². The summed E-state index contributed by atoms with van der Waals surface area (Å²) in [5, 5.41) is 3.38. The Morgan fingerprint density at radius 2 is 2.11 bits per heavy atom. The standard InChI is InChI=1S/C15H22N2O/c1-12(2)16-9-5-10-17-11-8-13-6-3-4-7-14(13)15(17)18/h3-4,6-7,12,16H,5,8-11H2,1-2H3. The molecule has 3 nitrogen and oxygen atoms in total. The van der Waals surface area contributed by atoms with Crippen LogP contribution in [0.1, 0.15) is 36.2 Å². The van der Waals surface area contributed by atoms with Crippen LogP contribution in [0.2, 0.25) is 0 Å². The molecule has 18 heavy (non-hydrogen) atoms. The molecule has 1 aliphatic heterocycles. The van der Waals surface area contributed by atoms with E-state index in [1.54, 1.807) is 0 Å². The van der Waals surface area contributed by atoms with Gasteiger partial charge in [-0.2, -0.15) is 0 Å². The van der Waals surface area contributed by atoms with E-state index in [4.69, 9.17) is 0 Å². The molecule has 0 saturated carbocycles. The van der Waals surface area contributed by atoms with Gasteiger partial charge < -0.3 is 10.2 Å². The summed E-state index contributed by atoms with van der Waals surface area (Å²) >= 11 is 0. The van der Waals surface area contributed by atoms with E-state index in [9.17, 15) is 4.79 Å². The number of fused-ring (bicyclic) bond motifs is 1. The number of rotatable bonds is 5. The van der Waals surface area contributed by atoms with Gasteiger partial charge in [-0.3, -0.25) is 4.79 Å². The average molecular weight is 246 g/mol. The van der Waals surface area contributed by atoms with E-state index in [0.29, 0.717) is 6.04 Å². The van der Waals surface area contributed by atoms with Crippen molar-refractivity contribution in [3.63, 3.8) is 0 Å². The van der Waals surface area contributed by atoms with Crippen molar-refractivity contribution in [3.8, 4) is 0 Å². The number of nitrogens with zero attached hydrogens (tertiary/aromatic N) is 1. The molecule has 0 bridgehead atoms. The van der Waals surface area contributed by atoms with Crippen LogP contribution < -0.4 is 5.32 Å². The molecule has 1 heterocycles. The van der Waals surface area contributed by atoms with E-state index in [2.05, 4.69) is 25.2 Å². The predicted octanol–water partition coefficient (Wildman–Crippen LogP) is 2.07. The molecule has 0 radical (unpaired) electrons. The van der Waals surface area contributed by atoms with Gasteiger partial charge in [-0.25, -0.2) is 0 Å². The number of benzene rings is 1. The first kappa shape index (κ1) is 13.1. The minimum atomic E-state index is 0.196. The quantitative estimate of drug-likeness (QED) is 0.807. The lowest BCUT2D eigenvalue weighted by Crippen LogP contribution is -2.39. The number of hydrogen-bond acceptors (Lipinski definition) is 2. The summed E-state index contributed by atoms with van der Waals surface area (Å²) in [5.41, 5.74) is 2.08. The molecule has 0 atom stereocenters. The first-order valence-corrected chi connectivity index (χ1v) is 6.79. The van der Waals surface area contributed by atoms with Gasteiger partial charge in [0, 0.05) is 24.7 Å². The molecule has 3 heteroatoms. The summed E-state index contributed by atoms with van der Waals surface area (Å²) < 4.78 is 0. The SMILES string of the molecule is CC(C)NCCCN1CCc2ccccc2C1=O. The van der Waals surface area contributed by atoms with Crippen LogP contribution >= 0.6 is 0 Å². The Morgan fingerprint density at radius 3 is 2.89 bits per heavy atom. The first-order chi connectivity index (χ1) is 8.68. The van der Waals surface area contributed by atoms with Crippen LogP contribution in [0.15, 0.2) is 24.3 Å². The van der Waals surface area contributed by atoms with Crippen molar-refractivity contribution >= 4 is 5.91 Å². The Kier molecular flexibility index (Phi) is 4.37. The summed E-state index contributed by atoms with van der Waals surface area (Å²) in [6.45, 7) is 6.97. The minimum absolute atomic E-state index is 0.196. The number of hydrogen-bond donors (Lipinski definition) is 1. The first-order valence-electron chi connectivity index (χ1n) is 6.79. The van der Waals surface area contributed by atoms with Gasteiger partial charge in [-0.15, -0.1) is 0 Å².